The van der Waals surface area contributed by atoms with Crippen LogP contribution in [0.2, 0.25) is 5.02 Å². The van der Waals surface area contributed by atoms with Crippen LogP contribution in [0, 0.1) is 0 Å². The van der Waals surface area contributed by atoms with Gasteiger partial charge in [-0.2, -0.15) is 0 Å². The summed E-state index contributed by atoms with van der Waals surface area (Å²) in [7, 11) is 0. The summed E-state index contributed by atoms with van der Waals surface area (Å²) in [5.74, 6) is -1.04. The van der Waals surface area contributed by atoms with E-state index in [2.05, 4.69) is 4.98 Å². The van der Waals surface area contributed by atoms with Crippen LogP contribution in [0.4, 0.5) is 0 Å². The van der Waals surface area contributed by atoms with Gasteiger partial charge in [-0.15, -0.1) is 11.3 Å². The molecule has 0 unspecified atom stereocenters. The molecular formula is C10H8ClNO2S. The minimum absolute atomic E-state index is 0.0598. The van der Waals surface area contributed by atoms with Crippen molar-refractivity contribution in [2.75, 3.05) is 0 Å². The van der Waals surface area contributed by atoms with Crippen LogP contribution in [0.3, 0.4) is 0 Å². The Morgan fingerprint density at radius 3 is 3.00 bits per heavy atom. The van der Waals surface area contributed by atoms with E-state index in [0.29, 0.717) is 0 Å². The molecule has 0 saturated heterocycles. The molecule has 0 aliphatic carbocycles. The van der Waals surface area contributed by atoms with Crippen molar-refractivity contribution < 1.29 is 9.90 Å². The van der Waals surface area contributed by atoms with Crippen molar-refractivity contribution in [2.24, 2.45) is 0 Å². The summed E-state index contributed by atoms with van der Waals surface area (Å²) in [5.41, 5.74) is 0.0598. The lowest BCUT2D eigenvalue weighted by Crippen LogP contribution is -1.98. The fraction of sp³-hybridized carbons (Fsp3) is 0.200. The minimum atomic E-state index is -1.04. The highest BCUT2D eigenvalue weighted by Gasteiger charge is 2.14. The van der Waals surface area contributed by atoms with E-state index in [1.54, 1.807) is 11.3 Å². The number of carbonyl (C=O) groups is 1. The summed E-state index contributed by atoms with van der Waals surface area (Å²) in [4.78, 5) is 16.9. The lowest BCUT2D eigenvalue weighted by atomic mass is 10.2. The molecule has 3 nitrogen and oxygen atoms in total. The van der Waals surface area contributed by atoms with Crippen LogP contribution < -0.4 is 0 Å². The van der Waals surface area contributed by atoms with Gasteiger partial charge in [0.1, 0.15) is 4.83 Å². The third-order valence-corrected chi connectivity index (χ3v) is 3.72. The maximum Gasteiger partial charge on any atom is 0.338 e. The Hall–Kier alpha value is -1.13. The zero-order valence-electron chi connectivity index (χ0n) is 7.95. The van der Waals surface area contributed by atoms with Gasteiger partial charge in [-0.25, -0.2) is 9.78 Å². The molecule has 2 aromatic heterocycles. The predicted molar refractivity (Wildman–Crippen MR) is 61.0 cm³/mol. The summed E-state index contributed by atoms with van der Waals surface area (Å²) in [6.45, 7) is 2.04. The van der Waals surface area contributed by atoms with Crippen LogP contribution >= 0.6 is 22.9 Å². The van der Waals surface area contributed by atoms with Crippen molar-refractivity contribution in [3.05, 3.63) is 27.7 Å². The van der Waals surface area contributed by atoms with Crippen LogP contribution in [0.25, 0.3) is 10.2 Å². The standard InChI is InChI=1S/C10H8ClNO2S/c1-2-5-3-6-8(11)7(10(13)14)4-12-9(6)15-5/h3-4H,2H2,1H3,(H,13,14). The molecule has 0 fully saturated rings. The fourth-order valence-corrected chi connectivity index (χ4v) is 2.61. The molecule has 0 aromatic carbocycles. The monoisotopic (exact) mass is 241 g/mol. The first-order chi connectivity index (χ1) is 7.13. The molecule has 0 atom stereocenters. The Balaban J connectivity index is 2.72. The Labute approximate surface area is 95.3 Å². The lowest BCUT2D eigenvalue weighted by molar-refractivity contribution is 0.0697. The van der Waals surface area contributed by atoms with E-state index in [9.17, 15) is 4.79 Å². The van der Waals surface area contributed by atoms with Gasteiger partial charge in [0.15, 0.2) is 0 Å². The highest BCUT2D eigenvalue weighted by Crippen LogP contribution is 2.31. The highest BCUT2D eigenvalue weighted by atomic mass is 35.5. The molecular weight excluding hydrogens is 234 g/mol. The molecule has 15 heavy (non-hydrogen) atoms. The van der Waals surface area contributed by atoms with Crippen LogP contribution in [0.15, 0.2) is 12.3 Å². The largest absolute Gasteiger partial charge is 0.478 e. The van der Waals surface area contributed by atoms with E-state index in [-0.39, 0.29) is 10.6 Å². The number of aromatic carboxylic acids is 1. The molecule has 2 rings (SSSR count). The summed E-state index contributed by atoms with van der Waals surface area (Å²) in [6, 6.07) is 1.90. The average molecular weight is 242 g/mol. The van der Waals surface area contributed by atoms with Crippen molar-refractivity contribution in [3.63, 3.8) is 0 Å². The van der Waals surface area contributed by atoms with Crippen molar-refractivity contribution in [2.45, 2.75) is 13.3 Å². The van der Waals surface area contributed by atoms with E-state index < -0.39 is 5.97 Å². The van der Waals surface area contributed by atoms with Crippen molar-refractivity contribution in [1.82, 2.24) is 4.98 Å². The number of hydrogen-bond acceptors (Lipinski definition) is 3. The Bertz CT molecular complexity index is 535. The quantitative estimate of drug-likeness (QED) is 0.878. The fourth-order valence-electron chi connectivity index (χ4n) is 1.33. The first-order valence-corrected chi connectivity index (χ1v) is 5.63. The number of aromatic nitrogens is 1. The molecule has 0 bridgehead atoms. The molecule has 78 valence electrons. The second kappa shape index (κ2) is 3.79. The number of thiophene rings is 1. The van der Waals surface area contributed by atoms with E-state index in [1.165, 1.54) is 6.20 Å². The van der Waals surface area contributed by atoms with E-state index in [1.807, 2.05) is 13.0 Å². The van der Waals surface area contributed by atoms with Crippen LogP contribution in [-0.2, 0) is 6.42 Å². The Morgan fingerprint density at radius 2 is 2.40 bits per heavy atom. The van der Waals surface area contributed by atoms with Crippen molar-refractivity contribution in [1.29, 1.82) is 0 Å². The van der Waals surface area contributed by atoms with Crippen molar-refractivity contribution >= 4 is 39.1 Å². The van der Waals surface area contributed by atoms with Gasteiger partial charge >= 0.3 is 5.97 Å². The van der Waals surface area contributed by atoms with Gasteiger partial charge in [-0.1, -0.05) is 18.5 Å². The maximum absolute atomic E-state index is 10.8. The average Bonchev–Trinajstić information content (AvgIpc) is 2.61. The van der Waals surface area contributed by atoms with E-state index in [4.69, 9.17) is 16.7 Å². The summed E-state index contributed by atoms with van der Waals surface area (Å²) in [6.07, 6.45) is 2.21. The summed E-state index contributed by atoms with van der Waals surface area (Å²) < 4.78 is 0. The van der Waals surface area contributed by atoms with Gasteiger partial charge in [0.25, 0.3) is 0 Å². The van der Waals surface area contributed by atoms with Gasteiger partial charge in [0.2, 0.25) is 0 Å². The van der Waals surface area contributed by atoms with E-state index in [0.717, 1.165) is 21.5 Å². The smallest absolute Gasteiger partial charge is 0.338 e. The number of rotatable bonds is 2. The van der Waals surface area contributed by atoms with Crippen molar-refractivity contribution in [3.8, 4) is 0 Å². The number of fused-ring (bicyclic) bond motifs is 1. The molecule has 0 spiro atoms. The molecule has 0 aliphatic rings. The molecule has 0 saturated carbocycles. The second-order valence-corrected chi connectivity index (χ2v) is 4.57. The number of carboxylic acid groups (broad SMARTS) is 1. The number of hydrogen-bond donors (Lipinski definition) is 1. The van der Waals surface area contributed by atoms with Crippen LogP contribution in [0.1, 0.15) is 22.2 Å². The van der Waals surface area contributed by atoms with Gasteiger partial charge in [0, 0.05) is 16.5 Å². The normalized spacial score (nSPS) is 10.8. The SMILES string of the molecule is CCc1cc2c(Cl)c(C(=O)O)cnc2s1. The molecule has 2 aromatic rings. The maximum atomic E-state index is 10.8. The number of pyridine rings is 1. The second-order valence-electron chi connectivity index (χ2n) is 3.08. The lowest BCUT2D eigenvalue weighted by Gasteiger charge is -1.97. The molecule has 0 radical (unpaired) electrons. The first kappa shape index (κ1) is 10.4. The van der Waals surface area contributed by atoms with E-state index >= 15 is 0 Å². The molecule has 1 N–H and O–H groups in total. The number of aryl methyl sites for hydroxylation is 1. The van der Waals surface area contributed by atoms with Gasteiger partial charge in [-0.05, 0) is 12.5 Å². The first-order valence-electron chi connectivity index (χ1n) is 4.43. The Morgan fingerprint density at radius 1 is 1.67 bits per heavy atom. The third kappa shape index (κ3) is 1.70. The van der Waals surface area contributed by atoms with Crippen LogP contribution in [0.5, 0.6) is 0 Å². The van der Waals surface area contributed by atoms with Gasteiger partial charge < -0.3 is 5.11 Å². The molecule has 2 heterocycles. The zero-order valence-corrected chi connectivity index (χ0v) is 9.52. The molecule has 0 aliphatic heterocycles. The zero-order chi connectivity index (χ0) is 11.0. The minimum Gasteiger partial charge on any atom is -0.478 e. The highest BCUT2D eigenvalue weighted by molar-refractivity contribution is 7.18. The van der Waals surface area contributed by atoms with Crippen LogP contribution in [-0.4, -0.2) is 16.1 Å². The number of carboxylic acids is 1. The molecule has 0 amide bonds. The van der Waals surface area contributed by atoms with Gasteiger partial charge in [0.05, 0.1) is 10.6 Å². The third-order valence-electron chi connectivity index (χ3n) is 2.13. The molecule has 5 heteroatoms. The summed E-state index contributed by atoms with van der Waals surface area (Å²) in [5, 5.41) is 9.88. The Kier molecular flexibility index (Phi) is 2.63. The topological polar surface area (TPSA) is 50.2 Å². The predicted octanol–water partition coefficient (Wildman–Crippen LogP) is 3.21. The van der Waals surface area contributed by atoms with Gasteiger partial charge in [-0.3, -0.25) is 0 Å². The number of nitrogens with zero attached hydrogens (tertiary/aromatic N) is 1. The number of halogens is 1. The summed E-state index contributed by atoms with van der Waals surface area (Å²) >= 11 is 7.54.